The second-order valence-electron chi connectivity index (χ2n) is 6.58. The maximum Gasteiger partial charge on any atom is 0.271 e. The van der Waals surface area contributed by atoms with Crippen LogP contribution in [0, 0.1) is 0 Å². The molecule has 0 aliphatic carbocycles. The first-order valence-corrected chi connectivity index (χ1v) is 11.0. The third-order valence-corrected chi connectivity index (χ3v) is 5.86. The number of phenolic OH excluding ortho intramolecular Hbond substituents is 2. The number of sulfonamides is 1. The fraction of sp³-hybridized carbons (Fsp3) is 0.0909. The standard InChI is InChI=1S/C22H21N3O6S/c26-13-12-23-32(30,31)16-7-5-6-15(14-16)22(29)25-24-21(17-8-1-3-10-19(17)27)18-9-2-4-11-20(18)28/h1-11,14,23,26-28H,12-13H2,(H,25,29). The molecule has 0 atom stereocenters. The summed E-state index contributed by atoms with van der Waals surface area (Å²) in [5, 5.41) is 33.4. The summed E-state index contributed by atoms with van der Waals surface area (Å²) in [5.41, 5.74) is 3.03. The lowest BCUT2D eigenvalue weighted by molar-refractivity contribution is 0.0954. The molecule has 0 aliphatic heterocycles. The number of phenols is 2. The van der Waals surface area contributed by atoms with Crippen molar-refractivity contribution >= 4 is 21.6 Å². The van der Waals surface area contributed by atoms with Crippen LogP contribution in [0.4, 0.5) is 0 Å². The van der Waals surface area contributed by atoms with E-state index in [4.69, 9.17) is 5.11 Å². The third kappa shape index (κ3) is 5.30. The van der Waals surface area contributed by atoms with E-state index in [1.54, 1.807) is 36.4 Å². The molecule has 0 heterocycles. The molecule has 0 unspecified atom stereocenters. The lowest BCUT2D eigenvalue weighted by Crippen LogP contribution is -2.27. The zero-order valence-electron chi connectivity index (χ0n) is 16.8. The maximum atomic E-state index is 12.7. The number of hydrazone groups is 1. The zero-order chi connectivity index (χ0) is 23.1. The van der Waals surface area contributed by atoms with Gasteiger partial charge >= 0.3 is 0 Å². The molecule has 0 saturated heterocycles. The highest BCUT2D eigenvalue weighted by Crippen LogP contribution is 2.25. The Hall–Kier alpha value is -3.73. The van der Waals surface area contributed by atoms with Gasteiger partial charge in [-0.1, -0.05) is 30.3 Å². The largest absolute Gasteiger partial charge is 0.507 e. The molecule has 0 aromatic heterocycles. The summed E-state index contributed by atoms with van der Waals surface area (Å²) in [6, 6.07) is 17.9. The summed E-state index contributed by atoms with van der Waals surface area (Å²) in [5.74, 6) is -0.911. The summed E-state index contributed by atoms with van der Waals surface area (Å²) in [6.07, 6.45) is 0. The molecule has 3 aromatic rings. The molecule has 0 spiro atoms. The van der Waals surface area contributed by atoms with E-state index in [2.05, 4.69) is 15.2 Å². The first-order chi connectivity index (χ1) is 15.3. The molecule has 3 rings (SSSR count). The second-order valence-corrected chi connectivity index (χ2v) is 8.35. The van der Waals surface area contributed by atoms with E-state index in [1.165, 1.54) is 36.4 Å². The first-order valence-electron chi connectivity index (χ1n) is 9.49. The van der Waals surface area contributed by atoms with Crippen molar-refractivity contribution in [1.82, 2.24) is 10.1 Å². The van der Waals surface area contributed by atoms with E-state index in [0.717, 1.165) is 0 Å². The van der Waals surface area contributed by atoms with Gasteiger partial charge in [0.15, 0.2) is 0 Å². The molecule has 0 radical (unpaired) electrons. The number of hydrogen-bond acceptors (Lipinski definition) is 7. The quantitative estimate of drug-likeness (QED) is 0.257. The molecule has 0 bridgehead atoms. The number of nitrogens with zero attached hydrogens (tertiary/aromatic N) is 1. The second kappa shape index (κ2) is 10.1. The summed E-state index contributed by atoms with van der Waals surface area (Å²) in [4.78, 5) is 12.5. The van der Waals surface area contributed by atoms with E-state index < -0.39 is 15.9 Å². The number of amides is 1. The highest BCUT2D eigenvalue weighted by molar-refractivity contribution is 7.89. The van der Waals surface area contributed by atoms with Crippen LogP contribution in [-0.4, -0.2) is 48.5 Å². The van der Waals surface area contributed by atoms with Gasteiger partial charge in [0.05, 0.1) is 11.5 Å². The monoisotopic (exact) mass is 455 g/mol. The van der Waals surface area contributed by atoms with E-state index in [-0.39, 0.29) is 51.9 Å². The number of rotatable bonds is 8. The van der Waals surface area contributed by atoms with Gasteiger partial charge in [0.1, 0.15) is 17.2 Å². The number of aliphatic hydroxyl groups is 1. The Morgan fingerprint density at radius 2 is 1.47 bits per heavy atom. The smallest absolute Gasteiger partial charge is 0.271 e. The van der Waals surface area contributed by atoms with Crippen LogP contribution in [-0.2, 0) is 10.0 Å². The summed E-state index contributed by atoms with van der Waals surface area (Å²) in [7, 11) is -3.90. The topological polar surface area (TPSA) is 148 Å². The van der Waals surface area contributed by atoms with Crippen molar-refractivity contribution in [2.24, 2.45) is 5.10 Å². The lowest BCUT2D eigenvalue weighted by Gasteiger charge is -2.11. The minimum absolute atomic E-state index is 0.0227. The van der Waals surface area contributed by atoms with Crippen molar-refractivity contribution in [3.8, 4) is 11.5 Å². The average molecular weight is 455 g/mol. The first kappa shape index (κ1) is 22.9. The maximum absolute atomic E-state index is 12.7. The van der Waals surface area contributed by atoms with Gasteiger partial charge in [-0.05, 0) is 42.5 Å². The molecule has 0 fully saturated rings. The molecule has 0 aliphatic rings. The van der Waals surface area contributed by atoms with Crippen molar-refractivity contribution in [1.29, 1.82) is 0 Å². The minimum atomic E-state index is -3.90. The van der Waals surface area contributed by atoms with E-state index in [9.17, 15) is 23.4 Å². The number of para-hydroxylation sites is 2. The SMILES string of the molecule is O=C(NN=C(c1ccccc1O)c1ccccc1O)c1cccc(S(=O)(=O)NCCO)c1. The molecule has 5 N–H and O–H groups in total. The van der Waals surface area contributed by atoms with Crippen LogP contribution in [0.3, 0.4) is 0 Å². The fourth-order valence-electron chi connectivity index (χ4n) is 2.85. The Bertz CT molecular complexity index is 1210. The molecule has 166 valence electrons. The van der Waals surface area contributed by atoms with Gasteiger partial charge in [0.25, 0.3) is 5.91 Å². The normalized spacial score (nSPS) is 11.0. The number of hydrogen-bond donors (Lipinski definition) is 5. The van der Waals surface area contributed by atoms with Gasteiger partial charge in [0.2, 0.25) is 10.0 Å². The van der Waals surface area contributed by atoms with Crippen molar-refractivity contribution in [3.05, 3.63) is 89.5 Å². The van der Waals surface area contributed by atoms with E-state index >= 15 is 0 Å². The molecular formula is C22H21N3O6S. The van der Waals surface area contributed by atoms with Gasteiger partial charge in [-0.3, -0.25) is 4.79 Å². The van der Waals surface area contributed by atoms with Crippen molar-refractivity contribution in [3.63, 3.8) is 0 Å². The highest BCUT2D eigenvalue weighted by atomic mass is 32.2. The average Bonchev–Trinajstić information content (AvgIpc) is 2.80. The minimum Gasteiger partial charge on any atom is -0.507 e. The van der Waals surface area contributed by atoms with Crippen LogP contribution >= 0.6 is 0 Å². The molecule has 3 aromatic carbocycles. The molecular weight excluding hydrogens is 434 g/mol. The Morgan fingerprint density at radius 1 is 0.875 bits per heavy atom. The summed E-state index contributed by atoms with van der Waals surface area (Å²) < 4.78 is 26.7. The third-order valence-electron chi connectivity index (χ3n) is 4.40. The van der Waals surface area contributed by atoms with Gasteiger partial charge in [-0.2, -0.15) is 5.10 Å². The Kier molecular flexibility index (Phi) is 7.21. The predicted molar refractivity (Wildman–Crippen MR) is 118 cm³/mol. The number of aliphatic hydroxyl groups excluding tert-OH is 1. The van der Waals surface area contributed by atoms with Crippen LogP contribution in [0.1, 0.15) is 21.5 Å². The van der Waals surface area contributed by atoms with Crippen molar-refractivity contribution < 1.29 is 28.5 Å². The molecule has 0 saturated carbocycles. The molecule has 1 amide bonds. The highest BCUT2D eigenvalue weighted by Gasteiger charge is 2.18. The van der Waals surface area contributed by atoms with Crippen LogP contribution in [0.15, 0.2) is 82.8 Å². The Balaban J connectivity index is 1.95. The van der Waals surface area contributed by atoms with Gasteiger partial charge < -0.3 is 15.3 Å². The fourth-order valence-corrected chi connectivity index (χ4v) is 3.92. The number of carbonyl (C=O) groups excluding carboxylic acids is 1. The summed E-state index contributed by atoms with van der Waals surface area (Å²) in [6.45, 7) is -0.525. The predicted octanol–water partition coefficient (Wildman–Crippen LogP) is 1.55. The van der Waals surface area contributed by atoms with Crippen LogP contribution in [0.2, 0.25) is 0 Å². The molecule has 10 heteroatoms. The van der Waals surface area contributed by atoms with Gasteiger partial charge in [-0.15, -0.1) is 0 Å². The van der Waals surface area contributed by atoms with Crippen molar-refractivity contribution in [2.75, 3.05) is 13.2 Å². The van der Waals surface area contributed by atoms with Crippen LogP contribution < -0.4 is 10.1 Å². The number of aromatic hydroxyl groups is 2. The van der Waals surface area contributed by atoms with Crippen LogP contribution in [0.25, 0.3) is 0 Å². The zero-order valence-corrected chi connectivity index (χ0v) is 17.6. The molecule has 9 nitrogen and oxygen atoms in total. The van der Waals surface area contributed by atoms with E-state index in [1.807, 2.05) is 0 Å². The number of carbonyl (C=O) groups is 1. The lowest BCUT2D eigenvalue weighted by atomic mass is 10.0. The van der Waals surface area contributed by atoms with Crippen molar-refractivity contribution in [2.45, 2.75) is 4.90 Å². The summed E-state index contributed by atoms with van der Waals surface area (Å²) >= 11 is 0. The Morgan fingerprint density at radius 3 is 2.03 bits per heavy atom. The van der Waals surface area contributed by atoms with Gasteiger partial charge in [0, 0.05) is 23.2 Å². The van der Waals surface area contributed by atoms with Gasteiger partial charge in [-0.25, -0.2) is 18.6 Å². The number of nitrogens with one attached hydrogen (secondary N) is 2. The number of benzene rings is 3. The molecule has 32 heavy (non-hydrogen) atoms. The Labute approximate surface area is 184 Å². The van der Waals surface area contributed by atoms with Crippen LogP contribution in [0.5, 0.6) is 11.5 Å². The van der Waals surface area contributed by atoms with E-state index in [0.29, 0.717) is 0 Å².